The summed E-state index contributed by atoms with van der Waals surface area (Å²) in [6.07, 6.45) is 1.86. The number of rotatable bonds is 4. The van der Waals surface area contributed by atoms with Gasteiger partial charge in [0, 0.05) is 34.4 Å². The van der Waals surface area contributed by atoms with E-state index in [0.29, 0.717) is 0 Å². The van der Waals surface area contributed by atoms with E-state index in [-0.39, 0.29) is 0 Å². The molecule has 0 atom stereocenters. The minimum atomic E-state index is 0.942. The normalized spacial score (nSPS) is 11.8. The second kappa shape index (κ2) is 7.62. The molecule has 2 heterocycles. The van der Waals surface area contributed by atoms with Crippen LogP contribution in [0.5, 0.6) is 0 Å². The van der Waals surface area contributed by atoms with Crippen molar-refractivity contribution in [1.29, 1.82) is 0 Å². The molecular formula is C27H20N4S. The molecule has 154 valence electrons. The first kappa shape index (κ1) is 18.8. The van der Waals surface area contributed by atoms with Crippen molar-refractivity contribution in [1.82, 2.24) is 9.55 Å². The van der Waals surface area contributed by atoms with Gasteiger partial charge in [-0.3, -0.25) is 5.43 Å². The maximum absolute atomic E-state index is 4.73. The van der Waals surface area contributed by atoms with Crippen LogP contribution in [0, 0.1) is 0 Å². The fourth-order valence-electron chi connectivity index (χ4n) is 4.13. The van der Waals surface area contributed by atoms with Gasteiger partial charge in [0.15, 0.2) is 0 Å². The second-order valence-electron chi connectivity index (χ2n) is 7.79. The molecule has 5 heteroatoms. The summed E-state index contributed by atoms with van der Waals surface area (Å²) in [5.41, 5.74) is 9.76. The van der Waals surface area contributed by atoms with Crippen molar-refractivity contribution < 1.29 is 0 Å². The summed E-state index contributed by atoms with van der Waals surface area (Å²) in [7, 11) is 2.11. The molecule has 0 fully saturated rings. The molecule has 4 aromatic carbocycles. The summed E-state index contributed by atoms with van der Waals surface area (Å²) >= 11 is 1.71. The third-order valence-electron chi connectivity index (χ3n) is 5.77. The summed E-state index contributed by atoms with van der Waals surface area (Å²) in [5.74, 6) is 0. The van der Waals surface area contributed by atoms with Crippen LogP contribution in [0.4, 0.5) is 5.69 Å². The molecular weight excluding hydrogens is 412 g/mol. The number of nitrogens with zero attached hydrogens (tertiary/aromatic N) is 3. The molecule has 2 aromatic heterocycles. The van der Waals surface area contributed by atoms with Crippen molar-refractivity contribution in [2.24, 2.45) is 12.1 Å². The highest BCUT2D eigenvalue weighted by Crippen LogP contribution is 2.31. The average molecular weight is 433 g/mol. The van der Waals surface area contributed by atoms with Crippen LogP contribution in [-0.2, 0) is 7.05 Å². The number of hydrogen-bond acceptors (Lipinski definition) is 4. The Balaban J connectivity index is 1.22. The lowest BCUT2D eigenvalue weighted by Gasteiger charge is -2.02. The Morgan fingerprint density at radius 1 is 0.844 bits per heavy atom. The maximum Gasteiger partial charge on any atom is 0.124 e. The van der Waals surface area contributed by atoms with Crippen LogP contribution in [0.25, 0.3) is 42.6 Å². The first-order valence-electron chi connectivity index (χ1n) is 10.5. The Morgan fingerprint density at radius 3 is 2.50 bits per heavy atom. The SMILES string of the molecule is Cn1c2ccccc2c2cc(C=NNc3ccc(-c4nc5ccccc5s4)cc3)ccc21. The molecule has 0 aliphatic rings. The summed E-state index contributed by atoms with van der Waals surface area (Å²) in [5, 5.41) is 7.99. The number of fused-ring (bicyclic) bond motifs is 4. The number of aromatic nitrogens is 2. The predicted octanol–water partition coefficient (Wildman–Crippen LogP) is 7.05. The first-order valence-corrected chi connectivity index (χ1v) is 11.3. The Hall–Kier alpha value is -3.96. The largest absolute Gasteiger partial charge is 0.344 e. The number of hydrogen-bond donors (Lipinski definition) is 1. The number of benzene rings is 4. The van der Waals surface area contributed by atoms with Gasteiger partial charge in [-0.25, -0.2) is 4.98 Å². The van der Waals surface area contributed by atoms with Crippen LogP contribution in [0.15, 0.2) is 96.1 Å². The van der Waals surface area contributed by atoms with Crippen molar-refractivity contribution >= 4 is 55.3 Å². The van der Waals surface area contributed by atoms with Gasteiger partial charge < -0.3 is 4.57 Å². The zero-order valence-corrected chi connectivity index (χ0v) is 18.3. The van der Waals surface area contributed by atoms with E-state index in [2.05, 4.69) is 88.9 Å². The molecule has 0 spiro atoms. The summed E-state index contributed by atoms with van der Waals surface area (Å²) < 4.78 is 3.44. The third-order valence-corrected chi connectivity index (χ3v) is 6.86. The van der Waals surface area contributed by atoms with Gasteiger partial charge in [-0.15, -0.1) is 11.3 Å². The fourth-order valence-corrected chi connectivity index (χ4v) is 5.10. The van der Waals surface area contributed by atoms with Gasteiger partial charge in [0.25, 0.3) is 0 Å². The summed E-state index contributed by atoms with van der Waals surface area (Å²) in [6.45, 7) is 0. The minimum Gasteiger partial charge on any atom is -0.344 e. The van der Waals surface area contributed by atoms with Gasteiger partial charge in [-0.2, -0.15) is 5.10 Å². The smallest absolute Gasteiger partial charge is 0.124 e. The van der Waals surface area contributed by atoms with E-state index in [1.807, 2.05) is 30.5 Å². The van der Waals surface area contributed by atoms with Gasteiger partial charge in [0.2, 0.25) is 0 Å². The van der Waals surface area contributed by atoms with Crippen molar-refractivity contribution in [3.05, 3.63) is 96.6 Å². The summed E-state index contributed by atoms with van der Waals surface area (Å²) in [6, 6.07) is 31.4. The molecule has 0 saturated carbocycles. The van der Waals surface area contributed by atoms with Gasteiger partial charge >= 0.3 is 0 Å². The molecule has 0 bridgehead atoms. The van der Waals surface area contributed by atoms with Crippen LogP contribution in [0.1, 0.15) is 5.56 Å². The molecule has 32 heavy (non-hydrogen) atoms. The Labute approximate surface area is 189 Å². The van der Waals surface area contributed by atoms with E-state index in [1.54, 1.807) is 11.3 Å². The molecule has 0 amide bonds. The highest BCUT2D eigenvalue weighted by molar-refractivity contribution is 7.21. The second-order valence-corrected chi connectivity index (χ2v) is 8.82. The van der Waals surface area contributed by atoms with Gasteiger partial charge in [0.05, 0.1) is 22.1 Å². The minimum absolute atomic E-state index is 0.942. The monoisotopic (exact) mass is 432 g/mol. The van der Waals surface area contributed by atoms with Crippen LogP contribution in [0.2, 0.25) is 0 Å². The lowest BCUT2D eigenvalue weighted by molar-refractivity contribution is 1.01. The topological polar surface area (TPSA) is 42.2 Å². The van der Waals surface area contributed by atoms with Crippen LogP contribution < -0.4 is 5.43 Å². The molecule has 0 radical (unpaired) electrons. The van der Waals surface area contributed by atoms with Crippen molar-refractivity contribution in [2.75, 3.05) is 5.43 Å². The van der Waals surface area contributed by atoms with Crippen molar-refractivity contribution in [3.63, 3.8) is 0 Å². The van der Waals surface area contributed by atoms with E-state index in [9.17, 15) is 0 Å². The average Bonchev–Trinajstić information content (AvgIpc) is 3.39. The zero-order valence-electron chi connectivity index (χ0n) is 17.5. The van der Waals surface area contributed by atoms with Crippen LogP contribution >= 0.6 is 11.3 Å². The number of para-hydroxylation sites is 2. The number of aryl methyl sites for hydroxylation is 1. The van der Waals surface area contributed by atoms with Gasteiger partial charge in [-0.05, 0) is 60.2 Å². The predicted molar refractivity (Wildman–Crippen MR) is 137 cm³/mol. The lowest BCUT2D eigenvalue weighted by atomic mass is 10.1. The Morgan fingerprint density at radius 2 is 1.62 bits per heavy atom. The van der Waals surface area contributed by atoms with Crippen molar-refractivity contribution in [2.45, 2.75) is 0 Å². The van der Waals surface area contributed by atoms with Crippen molar-refractivity contribution in [3.8, 4) is 10.6 Å². The zero-order chi connectivity index (χ0) is 21.5. The molecule has 0 aliphatic carbocycles. The van der Waals surface area contributed by atoms with E-state index in [4.69, 9.17) is 4.98 Å². The van der Waals surface area contributed by atoms with Crippen LogP contribution in [0.3, 0.4) is 0 Å². The molecule has 6 rings (SSSR count). The Kier molecular flexibility index (Phi) is 4.47. The first-order chi connectivity index (χ1) is 15.8. The van der Waals surface area contributed by atoms with Crippen LogP contribution in [-0.4, -0.2) is 15.8 Å². The lowest BCUT2D eigenvalue weighted by Crippen LogP contribution is -1.91. The number of thiazole rings is 1. The standard InChI is InChI=1S/C27H20N4S/c1-31-24-8-4-2-6-21(24)22-16-18(10-15-25(22)31)17-28-30-20-13-11-19(12-14-20)27-29-23-7-3-5-9-26(23)32-27/h2-17,30H,1H3. The molecule has 0 unspecified atom stereocenters. The van der Waals surface area contributed by atoms with Gasteiger partial charge in [-0.1, -0.05) is 36.4 Å². The number of hydrazone groups is 1. The quantitative estimate of drug-likeness (QED) is 0.239. The van der Waals surface area contributed by atoms with E-state index in [0.717, 1.165) is 27.3 Å². The number of nitrogens with one attached hydrogen (secondary N) is 1. The van der Waals surface area contributed by atoms with E-state index >= 15 is 0 Å². The molecule has 4 nitrogen and oxygen atoms in total. The molecule has 0 saturated heterocycles. The van der Waals surface area contributed by atoms with E-state index in [1.165, 1.54) is 26.5 Å². The molecule has 0 aliphatic heterocycles. The number of anilines is 1. The molecule has 1 N–H and O–H groups in total. The third kappa shape index (κ3) is 3.24. The Bertz CT molecular complexity index is 1570. The highest BCUT2D eigenvalue weighted by Gasteiger charge is 2.08. The maximum atomic E-state index is 4.73. The summed E-state index contributed by atoms with van der Waals surface area (Å²) in [4.78, 5) is 4.73. The highest BCUT2D eigenvalue weighted by atomic mass is 32.1. The van der Waals surface area contributed by atoms with Gasteiger partial charge in [0.1, 0.15) is 5.01 Å². The molecule has 6 aromatic rings. The fraction of sp³-hybridized carbons (Fsp3) is 0.0370. The van der Waals surface area contributed by atoms with E-state index < -0.39 is 0 Å².